The van der Waals surface area contributed by atoms with Crippen molar-refractivity contribution in [3.8, 4) is 6.07 Å². The normalized spacial score (nSPS) is 11.6. The van der Waals surface area contributed by atoms with Crippen LogP contribution in [0.5, 0.6) is 0 Å². The van der Waals surface area contributed by atoms with Crippen LogP contribution in [0, 0.1) is 21.4 Å². The van der Waals surface area contributed by atoms with E-state index in [0.29, 0.717) is 17.7 Å². The highest BCUT2D eigenvalue weighted by Gasteiger charge is 2.17. The monoisotopic (exact) mass is 281 g/mol. The van der Waals surface area contributed by atoms with E-state index in [0.717, 1.165) is 5.56 Å². The molecule has 0 heterocycles. The van der Waals surface area contributed by atoms with E-state index < -0.39 is 0 Å². The summed E-state index contributed by atoms with van der Waals surface area (Å²) in [5.74, 6) is 0. The van der Waals surface area contributed by atoms with Crippen molar-refractivity contribution in [1.29, 1.82) is 5.26 Å². The molecule has 0 aromatic heterocycles. The molecule has 2 aromatic carbocycles. The van der Waals surface area contributed by atoms with Crippen LogP contribution in [0.3, 0.4) is 0 Å². The lowest BCUT2D eigenvalue weighted by atomic mass is 10.1. The van der Waals surface area contributed by atoms with Crippen LogP contribution in [0.15, 0.2) is 48.5 Å². The molecule has 0 amide bonds. The van der Waals surface area contributed by atoms with Gasteiger partial charge in [-0.15, -0.1) is 0 Å². The second-order valence-electron chi connectivity index (χ2n) is 4.73. The summed E-state index contributed by atoms with van der Waals surface area (Å²) in [6.07, 6.45) is 0. The van der Waals surface area contributed by atoms with Gasteiger partial charge in [0.05, 0.1) is 16.6 Å². The zero-order valence-corrected chi connectivity index (χ0v) is 11.6. The van der Waals surface area contributed by atoms with Gasteiger partial charge in [-0.25, -0.2) is 0 Å². The summed E-state index contributed by atoms with van der Waals surface area (Å²) in [4.78, 5) is 10.7. The molecule has 0 aliphatic heterocycles. The first-order valence-electron chi connectivity index (χ1n) is 6.57. The first kappa shape index (κ1) is 14.7. The van der Waals surface area contributed by atoms with E-state index in [2.05, 4.69) is 11.4 Å². The minimum atomic E-state index is -0.371. The summed E-state index contributed by atoms with van der Waals surface area (Å²) in [6.45, 7) is 2.43. The fraction of sp³-hybridized carbons (Fsp3) is 0.188. The lowest BCUT2D eigenvalue weighted by Crippen LogP contribution is -2.19. The maximum Gasteiger partial charge on any atom is 0.274 e. The van der Waals surface area contributed by atoms with Gasteiger partial charge in [-0.3, -0.25) is 10.1 Å². The molecule has 5 heteroatoms. The van der Waals surface area contributed by atoms with Crippen LogP contribution < -0.4 is 5.32 Å². The molecule has 0 aliphatic carbocycles. The van der Waals surface area contributed by atoms with Gasteiger partial charge >= 0.3 is 0 Å². The molecule has 1 N–H and O–H groups in total. The Bertz CT molecular complexity index is 692. The minimum Gasteiger partial charge on any atom is -0.306 e. The Kier molecular flexibility index (Phi) is 4.64. The highest BCUT2D eigenvalue weighted by Crippen LogP contribution is 2.24. The van der Waals surface area contributed by atoms with Crippen LogP contribution in [0.4, 0.5) is 5.69 Å². The number of hydrogen-bond acceptors (Lipinski definition) is 4. The number of nitrogens with zero attached hydrogens (tertiary/aromatic N) is 2. The molecule has 106 valence electrons. The van der Waals surface area contributed by atoms with Crippen LogP contribution in [-0.2, 0) is 6.54 Å². The predicted molar refractivity (Wildman–Crippen MR) is 79.5 cm³/mol. The number of nitro benzene ring substituents is 1. The third kappa shape index (κ3) is 3.65. The average Bonchev–Trinajstić information content (AvgIpc) is 2.52. The van der Waals surface area contributed by atoms with E-state index in [1.165, 1.54) is 6.07 Å². The molecule has 21 heavy (non-hydrogen) atoms. The minimum absolute atomic E-state index is 0.114. The Morgan fingerprint density at radius 1 is 1.29 bits per heavy atom. The van der Waals surface area contributed by atoms with E-state index in [-0.39, 0.29) is 16.7 Å². The van der Waals surface area contributed by atoms with Crippen molar-refractivity contribution >= 4 is 5.69 Å². The Labute approximate surface area is 123 Å². The molecule has 0 saturated heterocycles. The molecule has 2 aromatic rings. The zero-order chi connectivity index (χ0) is 15.2. The highest BCUT2D eigenvalue weighted by atomic mass is 16.6. The van der Waals surface area contributed by atoms with Gasteiger partial charge in [0.2, 0.25) is 0 Å². The first-order valence-corrected chi connectivity index (χ1v) is 6.57. The van der Waals surface area contributed by atoms with Crippen molar-refractivity contribution < 1.29 is 4.92 Å². The van der Waals surface area contributed by atoms with Gasteiger partial charge in [0.25, 0.3) is 5.69 Å². The molecule has 0 fully saturated rings. The Balaban J connectivity index is 2.10. The molecular weight excluding hydrogens is 266 g/mol. The van der Waals surface area contributed by atoms with Crippen molar-refractivity contribution in [1.82, 2.24) is 5.32 Å². The second kappa shape index (κ2) is 6.64. The highest BCUT2D eigenvalue weighted by molar-refractivity contribution is 5.41. The quantitative estimate of drug-likeness (QED) is 0.673. The van der Waals surface area contributed by atoms with E-state index >= 15 is 0 Å². The summed E-state index contributed by atoms with van der Waals surface area (Å²) in [6, 6.07) is 15.9. The second-order valence-corrected chi connectivity index (χ2v) is 4.73. The fourth-order valence-electron chi connectivity index (χ4n) is 2.15. The van der Waals surface area contributed by atoms with Crippen molar-refractivity contribution in [2.75, 3.05) is 0 Å². The third-order valence-electron chi connectivity index (χ3n) is 3.27. The maximum atomic E-state index is 11.0. The van der Waals surface area contributed by atoms with E-state index in [1.807, 2.05) is 19.1 Å². The summed E-state index contributed by atoms with van der Waals surface area (Å²) in [5.41, 5.74) is 2.34. The number of rotatable bonds is 5. The zero-order valence-electron chi connectivity index (χ0n) is 11.6. The predicted octanol–water partition coefficient (Wildman–Crippen LogP) is 3.32. The molecule has 2 rings (SSSR count). The van der Waals surface area contributed by atoms with Gasteiger partial charge in [-0.05, 0) is 24.6 Å². The van der Waals surface area contributed by atoms with Gasteiger partial charge in [-0.1, -0.05) is 30.3 Å². The lowest BCUT2D eigenvalue weighted by molar-refractivity contribution is -0.385. The number of para-hydroxylation sites is 1. The van der Waals surface area contributed by atoms with Gasteiger partial charge in [0.1, 0.15) is 0 Å². The van der Waals surface area contributed by atoms with Gasteiger partial charge in [0.15, 0.2) is 0 Å². The molecule has 0 aliphatic rings. The summed E-state index contributed by atoms with van der Waals surface area (Å²) in [5, 5.41) is 23.1. The number of hydrogen-bond donors (Lipinski definition) is 1. The number of nitro groups is 1. The molecular formula is C16H15N3O2. The van der Waals surface area contributed by atoms with Crippen LogP contribution in [0.1, 0.15) is 29.7 Å². The Hall–Kier alpha value is -2.71. The van der Waals surface area contributed by atoms with E-state index in [4.69, 9.17) is 5.26 Å². The number of nitriles is 1. The van der Waals surface area contributed by atoms with Crippen molar-refractivity contribution in [2.24, 2.45) is 0 Å². The smallest absolute Gasteiger partial charge is 0.274 e. The molecule has 1 unspecified atom stereocenters. The van der Waals surface area contributed by atoms with Crippen molar-refractivity contribution in [3.63, 3.8) is 0 Å². The van der Waals surface area contributed by atoms with Gasteiger partial charge in [-0.2, -0.15) is 5.26 Å². The van der Waals surface area contributed by atoms with Crippen LogP contribution in [0.2, 0.25) is 0 Å². The fourth-order valence-corrected chi connectivity index (χ4v) is 2.15. The van der Waals surface area contributed by atoms with Crippen LogP contribution >= 0.6 is 0 Å². The Morgan fingerprint density at radius 2 is 2.05 bits per heavy atom. The first-order chi connectivity index (χ1) is 10.1. The lowest BCUT2D eigenvalue weighted by Gasteiger charge is -2.14. The summed E-state index contributed by atoms with van der Waals surface area (Å²) >= 11 is 0. The van der Waals surface area contributed by atoms with E-state index in [1.54, 1.807) is 30.3 Å². The number of nitrogens with one attached hydrogen (secondary N) is 1. The maximum absolute atomic E-state index is 11.0. The molecule has 1 atom stereocenters. The van der Waals surface area contributed by atoms with E-state index in [9.17, 15) is 10.1 Å². The van der Waals surface area contributed by atoms with Gasteiger partial charge < -0.3 is 5.32 Å². The third-order valence-corrected chi connectivity index (χ3v) is 3.27. The molecule has 0 saturated carbocycles. The summed E-state index contributed by atoms with van der Waals surface area (Å²) in [7, 11) is 0. The standard InChI is InChI=1S/C16H15N3O2/c1-12(15-7-2-3-8-16(15)19(20)21)18-11-14-6-4-5-13(9-14)10-17/h2-9,12,18H,11H2,1H3. The SMILES string of the molecule is CC(NCc1cccc(C#N)c1)c1ccccc1[N+](=O)[O-]. The molecule has 0 radical (unpaired) electrons. The Morgan fingerprint density at radius 3 is 2.76 bits per heavy atom. The van der Waals surface area contributed by atoms with Crippen LogP contribution in [0.25, 0.3) is 0 Å². The molecule has 5 nitrogen and oxygen atoms in total. The number of benzene rings is 2. The van der Waals surface area contributed by atoms with Crippen molar-refractivity contribution in [2.45, 2.75) is 19.5 Å². The average molecular weight is 281 g/mol. The molecule has 0 spiro atoms. The van der Waals surface area contributed by atoms with Gasteiger partial charge in [0, 0.05) is 24.2 Å². The topological polar surface area (TPSA) is 79.0 Å². The van der Waals surface area contributed by atoms with Crippen LogP contribution in [-0.4, -0.2) is 4.92 Å². The summed E-state index contributed by atoms with van der Waals surface area (Å²) < 4.78 is 0. The van der Waals surface area contributed by atoms with Crippen molar-refractivity contribution in [3.05, 3.63) is 75.3 Å². The molecule has 0 bridgehead atoms. The largest absolute Gasteiger partial charge is 0.306 e.